The molecular formula is C36H63N2+. The van der Waals surface area contributed by atoms with E-state index in [1.54, 1.807) is 5.82 Å². The van der Waals surface area contributed by atoms with Crippen molar-refractivity contribution in [2.75, 3.05) is 0 Å². The van der Waals surface area contributed by atoms with E-state index < -0.39 is 0 Å². The number of benzene rings is 1. The van der Waals surface area contributed by atoms with Crippen molar-refractivity contribution in [2.24, 2.45) is 0 Å². The highest BCUT2D eigenvalue weighted by Crippen LogP contribution is 2.15. The topological polar surface area (TPSA) is 8.81 Å². The van der Waals surface area contributed by atoms with Gasteiger partial charge in [-0.15, -0.1) is 0 Å². The van der Waals surface area contributed by atoms with Crippen LogP contribution < -0.4 is 4.57 Å². The summed E-state index contributed by atoms with van der Waals surface area (Å²) in [4.78, 5) is 0. The van der Waals surface area contributed by atoms with Crippen LogP contribution >= 0.6 is 0 Å². The average molecular weight is 524 g/mol. The molecule has 1 aromatic heterocycles. The minimum Gasteiger partial charge on any atom is -0.234 e. The maximum Gasteiger partial charge on any atom is 0.256 e. The minimum absolute atomic E-state index is 1.14. The predicted octanol–water partition coefficient (Wildman–Crippen LogP) is 10.8. The van der Waals surface area contributed by atoms with Gasteiger partial charge in [0.1, 0.15) is 12.4 Å². The summed E-state index contributed by atoms with van der Waals surface area (Å²) in [5.41, 5.74) is 1.47. The molecule has 0 saturated heterocycles. The van der Waals surface area contributed by atoms with Crippen LogP contribution in [-0.2, 0) is 25.9 Å². The van der Waals surface area contributed by atoms with Crippen LogP contribution in [0.5, 0.6) is 0 Å². The Morgan fingerprint density at radius 2 is 1.03 bits per heavy atom. The van der Waals surface area contributed by atoms with Crippen molar-refractivity contribution < 1.29 is 4.57 Å². The molecule has 38 heavy (non-hydrogen) atoms. The van der Waals surface area contributed by atoms with E-state index in [-0.39, 0.29) is 0 Å². The van der Waals surface area contributed by atoms with Crippen LogP contribution in [-0.4, -0.2) is 4.57 Å². The lowest BCUT2D eigenvalue weighted by Gasteiger charge is -2.07. The van der Waals surface area contributed by atoms with Crippen molar-refractivity contribution in [3.05, 3.63) is 54.1 Å². The second-order valence-electron chi connectivity index (χ2n) is 11.8. The van der Waals surface area contributed by atoms with Gasteiger partial charge in [0.05, 0.1) is 13.1 Å². The molecule has 2 rings (SSSR count). The first-order chi connectivity index (χ1) is 18.8. The maximum atomic E-state index is 2.58. The molecule has 1 heterocycles. The SMILES string of the molecule is CCCCCCCCCCCCCCCCCc1n(CCCCCCC)cc[n+]1CCCc1ccccc1. The number of hydrogen-bond donors (Lipinski definition) is 0. The summed E-state index contributed by atoms with van der Waals surface area (Å²) in [6.45, 7) is 6.95. The van der Waals surface area contributed by atoms with Crippen molar-refractivity contribution in [1.29, 1.82) is 0 Å². The molecule has 0 saturated carbocycles. The normalized spacial score (nSPS) is 11.4. The second-order valence-corrected chi connectivity index (χ2v) is 11.8. The molecule has 0 fully saturated rings. The lowest BCUT2D eigenvalue weighted by molar-refractivity contribution is -0.704. The smallest absolute Gasteiger partial charge is 0.234 e. The van der Waals surface area contributed by atoms with Gasteiger partial charge in [-0.05, 0) is 37.7 Å². The third-order valence-corrected chi connectivity index (χ3v) is 8.30. The van der Waals surface area contributed by atoms with E-state index in [9.17, 15) is 0 Å². The molecule has 2 nitrogen and oxygen atoms in total. The number of hydrogen-bond acceptors (Lipinski definition) is 0. The van der Waals surface area contributed by atoms with Crippen LogP contribution in [0.25, 0.3) is 0 Å². The summed E-state index contributed by atoms with van der Waals surface area (Å²) in [5.74, 6) is 1.57. The van der Waals surface area contributed by atoms with E-state index in [4.69, 9.17) is 0 Å². The first-order valence-corrected chi connectivity index (χ1v) is 17.0. The van der Waals surface area contributed by atoms with Gasteiger partial charge >= 0.3 is 0 Å². The van der Waals surface area contributed by atoms with Crippen molar-refractivity contribution >= 4 is 0 Å². The van der Waals surface area contributed by atoms with Gasteiger partial charge < -0.3 is 0 Å². The Bertz CT molecular complexity index is 763. The third kappa shape index (κ3) is 15.7. The number of imidazole rings is 1. The van der Waals surface area contributed by atoms with Crippen LogP contribution in [0.4, 0.5) is 0 Å². The molecule has 2 heteroatoms. The Morgan fingerprint density at radius 1 is 0.526 bits per heavy atom. The molecule has 0 amide bonds. The van der Waals surface area contributed by atoms with Crippen LogP contribution in [0.3, 0.4) is 0 Å². The van der Waals surface area contributed by atoms with Crippen molar-refractivity contribution in [3.63, 3.8) is 0 Å². The first kappa shape index (κ1) is 32.6. The fourth-order valence-corrected chi connectivity index (χ4v) is 5.83. The van der Waals surface area contributed by atoms with E-state index in [0.717, 1.165) is 6.54 Å². The van der Waals surface area contributed by atoms with Crippen LogP contribution in [0, 0.1) is 0 Å². The zero-order chi connectivity index (χ0) is 26.9. The Hall–Kier alpha value is -1.57. The summed E-state index contributed by atoms with van der Waals surface area (Å²) < 4.78 is 5.15. The highest BCUT2D eigenvalue weighted by molar-refractivity contribution is 5.14. The van der Waals surface area contributed by atoms with Crippen molar-refractivity contribution in [1.82, 2.24) is 4.57 Å². The average Bonchev–Trinajstić information content (AvgIpc) is 3.32. The highest BCUT2D eigenvalue weighted by Gasteiger charge is 2.16. The van der Waals surface area contributed by atoms with Crippen molar-refractivity contribution in [3.8, 4) is 0 Å². The molecule has 0 N–H and O–H groups in total. The molecule has 0 spiro atoms. The molecule has 0 radical (unpaired) electrons. The van der Waals surface area contributed by atoms with Crippen molar-refractivity contribution in [2.45, 2.75) is 175 Å². The van der Waals surface area contributed by atoms with Crippen LogP contribution in [0.2, 0.25) is 0 Å². The van der Waals surface area contributed by atoms with Gasteiger partial charge in [0.25, 0.3) is 5.82 Å². The molecule has 216 valence electrons. The standard InChI is InChI=1S/C36H63N2/c1-3-5-7-9-10-11-12-13-14-15-16-17-18-19-24-30-36-37(31-25-20-8-6-4-2)33-34-38(36)32-26-29-35-27-22-21-23-28-35/h21-23,27-28,33-34H,3-20,24-26,29-32H2,1-2H3/q+1. The lowest BCUT2D eigenvalue weighted by Crippen LogP contribution is -2.37. The Balaban J connectivity index is 1.61. The monoisotopic (exact) mass is 523 g/mol. The van der Waals surface area contributed by atoms with Crippen LogP contribution in [0.15, 0.2) is 42.7 Å². The molecule has 0 aliphatic rings. The number of rotatable bonds is 26. The zero-order valence-corrected chi connectivity index (χ0v) is 25.6. The third-order valence-electron chi connectivity index (χ3n) is 8.30. The summed E-state index contributed by atoms with van der Waals surface area (Å²) >= 11 is 0. The predicted molar refractivity (Wildman–Crippen MR) is 167 cm³/mol. The number of aryl methyl sites for hydroxylation is 3. The molecule has 0 atom stereocenters. The summed E-state index contributed by atoms with van der Waals surface area (Å²) in [5, 5.41) is 0. The quantitative estimate of drug-likeness (QED) is 0.0856. The Morgan fingerprint density at radius 3 is 1.58 bits per heavy atom. The summed E-state index contributed by atoms with van der Waals surface area (Å²) in [6, 6.07) is 11.0. The maximum absolute atomic E-state index is 2.58. The lowest BCUT2D eigenvalue weighted by atomic mass is 10.0. The fourth-order valence-electron chi connectivity index (χ4n) is 5.83. The van der Waals surface area contributed by atoms with Gasteiger partial charge in [0.15, 0.2) is 0 Å². The molecule has 1 aromatic carbocycles. The van der Waals surface area contributed by atoms with E-state index in [0.29, 0.717) is 0 Å². The van der Waals surface area contributed by atoms with Gasteiger partial charge in [0.2, 0.25) is 0 Å². The zero-order valence-electron chi connectivity index (χ0n) is 25.6. The van der Waals surface area contributed by atoms with E-state index in [1.165, 1.54) is 160 Å². The van der Waals surface area contributed by atoms with Gasteiger partial charge in [-0.2, -0.15) is 0 Å². The molecule has 2 aromatic rings. The summed E-state index contributed by atoms with van der Waals surface area (Å²) in [7, 11) is 0. The fraction of sp³-hybridized carbons (Fsp3) is 0.750. The summed E-state index contributed by atoms with van der Waals surface area (Å²) in [6.07, 6.45) is 36.7. The minimum atomic E-state index is 1.14. The Labute approximate surface area is 237 Å². The van der Waals surface area contributed by atoms with Gasteiger partial charge in [-0.25, -0.2) is 9.13 Å². The largest absolute Gasteiger partial charge is 0.256 e. The van der Waals surface area contributed by atoms with E-state index >= 15 is 0 Å². The first-order valence-electron chi connectivity index (χ1n) is 17.0. The number of nitrogens with zero attached hydrogens (tertiary/aromatic N) is 2. The Kier molecular flexibility index (Phi) is 20.0. The van der Waals surface area contributed by atoms with E-state index in [1.807, 2.05) is 0 Å². The molecule has 0 unspecified atom stereocenters. The number of unbranched alkanes of at least 4 members (excludes halogenated alkanes) is 18. The molecule has 0 bridgehead atoms. The second kappa shape index (κ2) is 23.3. The molecule has 0 aliphatic carbocycles. The molecule has 0 aliphatic heterocycles. The van der Waals surface area contributed by atoms with Gasteiger partial charge in [-0.3, -0.25) is 0 Å². The molecular weight excluding hydrogens is 460 g/mol. The van der Waals surface area contributed by atoms with E-state index in [2.05, 4.69) is 65.7 Å². The van der Waals surface area contributed by atoms with Crippen LogP contribution in [0.1, 0.15) is 160 Å². The number of aromatic nitrogens is 2. The highest BCUT2D eigenvalue weighted by atomic mass is 15.1. The van der Waals surface area contributed by atoms with Gasteiger partial charge in [0, 0.05) is 6.42 Å². The van der Waals surface area contributed by atoms with Gasteiger partial charge in [-0.1, -0.05) is 153 Å².